The van der Waals surface area contributed by atoms with Gasteiger partial charge in [0.1, 0.15) is 17.1 Å². The number of benzene rings is 3. The Morgan fingerprint density at radius 3 is 2.29 bits per heavy atom. The average molecular weight is 490 g/mol. The molecule has 0 aromatic heterocycles. The minimum Gasteiger partial charge on any atom is -0.483 e. The van der Waals surface area contributed by atoms with Gasteiger partial charge in [-0.05, 0) is 74.0 Å². The predicted octanol–water partition coefficient (Wildman–Crippen LogP) is 6.16. The monoisotopic (exact) mass is 489 g/mol. The third-order valence-electron chi connectivity index (χ3n) is 5.13. The van der Waals surface area contributed by atoms with Crippen LogP contribution < -0.4 is 13.8 Å². The molecule has 9 heteroatoms. The van der Waals surface area contributed by atoms with Crippen LogP contribution in [0.15, 0.2) is 83.8 Å². The van der Waals surface area contributed by atoms with E-state index in [1.54, 1.807) is 42.5 Å². The van der Waals surface area contributed by atoms with Gasteiger partial charge in [-0.25, -0.2) is 8.42 Å². The predicted molar refractivity (Wildman–Crippen MR) is 123 cm³/mol. The molecule has 0 atom stereocenters. The number of hydrogen-bond donors (Lipinski definition) is 0. The smallest absolute Gasteiger partial charge is 0.483 e. The summed E-state index contributed by atoms with van der Waals surface area (Å²) in [6, 6.07) is 18.1. The molecule has 0 saturated carbocycles. The topological polar surface area (TPSA) is 55.8 Å². The highest BCUT2D eigenvalue weighted by Gasteiger charge is 2.32. The molecule has 1 aliphatic heterocycles. The molecule has 1 aliphatic rings. The highest BCUT2D eigenvalue weighted by Crippen LogP contribution is 2.33. The van der Waals surface area contributed by atoms with Crippen LogP contribution in [0.5, 0.6) is 11.5 Å². The largest absolute Gasteiger partial charge is 0.573 e. The number of ether oxygens (including phenoxy) is 2. The number of fused-ring (bicyclic) bond motifs is 1. The maximum Gasteiger partial charge on any atom is 0.573 e. The van der Waals surface area contributed by atoms with Gasteiger partial charge < -0.3 is 9.47 Å². The van der Waals surface area contributed by atoms with Crippen molar-refractivity contribution < 1.29 is 31.1 Å². The van der Waals surface area contributed by atoms with Crippen LogP contribution >= 0.6 is 0 Å². The average Bonchev–Trinajstić information content (AvgIpc) is 2.77. The summed E-state index contributed by atoms with van der Waals surface area (Å²) in [6.07, 6.45) is -1.01. The Morgan fingerprint density at radius 1 is 0.971 bits per heavy atom. The van der Waals surface area contributed by atoms with Crippen molar-refractivity contribution in [2.45, 2.75) is 37.3 Å². The molecule has 0 fully saturated rings. The number of halogens is 3. The second kappa shape index (κ2) is 8.72. The first kappa shape index (κ1) is 23.7. The zero-order valence-electron chi connectivity index (χ0n) is 18.4. The lowest BCUT2D eigenvalue weighted by molar-refractivity contribution is -0.274. The van der Waals surface area contributed by atoms with E-state index in [1.807, 2.05) is 32.1 Å². The molecule has 0 saturated heterocycles. The summed E-state index contributed by atoms with van der Waals surface area (Å²) in [5.74, 6) is 0.202. The van der Waals surface area contributed by atoms with E-state index in [9.17, 15) is 21.6 Å². The van der Waals surface area contributed by atoms with Crippen LogP contribution in [0.2, 0.25) is 0 Å². The van der Waals surface area contributed by atoms with Gasteiger partial charge in [0.15, 0.2) is 0 Å². The number of rotatable bonds is 6. The fraction of sp³-hybridized carbons (Fsp3) is 0.200. The number of alkyl halides is 3. The molecule has 34 heavy (non-hydrogen) atoms. The van der Waals surface area contributed by atoms with Gasteiger partial charge in [0.2, 0.25) is 0 Å². The molecular weight excluding hydrogens is 467 g/mol. The van der Waals surface area contributed by atoms with Gasteiger partial charge in [0.25, 0.3) is 10.0 Å². The van der Waals surface area contributed by atoms with Gasteiger partial charge in [-0.1, -0.05) is 30.3 Å². The summed E-state index contributed by atoms with van der Waals surface area (Å²) in [5.41, 5.74) is 1.53. The molecule has 0 unspecified atom stereocenters. The van der Waals surface area contributed by atoms with Gasteiger partial charge in [-0.15, -0.1) is 13.2 Å². The lowest BCUT2D eigenvalue weighted by atomic mass is 10.0. The van der Waals surface area contributed by atoms with Crippen LogP contribution in [0.4, 0.5) is 18.9 Å². The summed E-state index contributed by atoms with van der Waals surface area (Å²) in [7, 11) is -4.11. The Balaban J connectivity index is 1.67. The number of anilines is 1. The molecule has 0 bridgehead atoms. The zero-order valence-corrected chi connectivity index (χ0v) is 19.2. The third-order valence-corrected chi connectivity index (χ3v) is 6.92. The number of hydrogen-bond acceptors (Lipinski definition) is 4. The van der Waals surface area contributed by atoms with Crippen molar-refractivity contribution in [3.8, 4) is 11.5 Å². The molecule has 3 aromatic rings. The lowest BCUT2D eigenvalue weighted by Gasteiger charge is -2.29. The van der Waals surface area contributed by atoms with E-state index >= 15 is 0 Å². The summed E-state index contributed by atoms with van der Waals surface area (Å²) in [6.45, 7) is 3.89. The maximum atomic E-state index is 13.5. The van der Waals surface area contributed by atoms with Crippen LogP contribution in [0, 0.1) is 0 Å². The summed E-state index contributed by atoms with van der Waals surface area (Å²) >= 11 is 0. The van der Waals surface area contributed by atoms with E-state index in [0.29, 0.717) is 11.4 Å². The van der Waals surface area contributed by atoms with Gasteiger partial charge in [0, 0.05) is 5.56 Å². The third kappa shape index (κ3) is 5.36. The van der Waals surface area contributed by atoms with Crippen LogP contribution in [0.3, 0.4) is 0 Å². The van der Waals surface area contributed by atoms with E-state index in [2.05, 4.69) is 4.74 Å². The Morgan fingerprint density at radius 2 is 1.65 bits per heavy atom. The van der Waals surface area contributed by atoms with Crippen molar-refractivity contribution in [1.82, 2.24) is 0 Å². The van der Waals surface area contributed by atoms with E-state index in [1.165, 1.54) is 4.31 Å². The number of nitrogens with zero attached hydrogens (tertiary/aromatic N) is 1. The molecule has 3 aromatic carbocycles. The van der Waals surface area contributed by atoms with E-state index in [0.717, 1.165) is 35.4 Å². The van der Waals surface area contributed by atoms with Crippen molar-refractivity contribution >= 4 is 21.8 Å². The highest BCUT2D eigenvalue weighted by molar-refractivity contribution is 7.92. The minimum atomic E-state index is -4.86. The van der Waals surface area contributed by atoms with E-state index in [-0.39, 0.29) is 11.4 Å². The quantitative estimate of drug-likeness (QED) is 0.416. The zero-order chi connectivity index (χ0) is 24.6. The summed E-state index contributed by atoms with van der Waals surface area (Å²) in [4.78, 5) is -0.159. The Kier molecular flexibility index (Phi) is 6.07. The van der Waals surface area contributed by atoms with Crippen LogP contribution in [0.25, 0.3) is 6.08 Å². The normalized spacial score (nSPS) is 14.7. The fourth-order valence-electron chi connectivity index (χ4n) is 3.54. The Bertz CT molecular complexity index is 1300. The van der Waals surface area contributed by atoms with Gasteiger partial charge >= 0.3 is 6.36 Å². The van der Waals surface area contributed by atoms with Gasteiger partial charge in [0.05, 0.1) is 17.1 Å². The molecule has 0 amide bonds. The standard InChI is InChI=1S/C25H22F3NO4S/c1-24(2)15-14-19-16-18(8-13-23(19)33-24)17-29(20-6-4-3-5-7-20)34(30,31)22-11-9-21(10-12-22)32-25(26,27)28/h3-16H,17H2,1-2H3. The fourth-order valence-corrected chi connectivity index (χ4v) is 5.00. The van der Waals surface area contributed by atoms with Crippen molar-refractivity contribution in [2.75, 3.05) is 4.31 Å². The highest BCUT2D eigenvalue weighted by atomic mass is 32.2. The molecule has 0 N–H and O–H groups in total. The molecule has 4 rings (SSSR count). The first-order valence-corrected chi connectivity index (χ1v) is 11.8. The molecule has 0 spiro atoms. The molecule has 1 heterocycles. The molecular formula is C25H22F3NO4S. The first-order valence-electron chi connectivity index (χ1n) is 10.4. The van der Waals surface area contributed by atoms with Crippen molar-refractivity contribution in [1.29, 1.82) is 0 Å². The maximum absolute atomic E-state index is 13.5. The first-order chi connectivity index (χ1) is 15.9. The Hall–Kier alpha value is -3.46. The van der Waals surface area contributed by atoms with Crippen molar-refractivity contribution in [3.63, 3.8) is 0 Å². The summed E-state index contributed by atoms with van der Waals surface area (Å²) < 4.78 is 75.5. The molecule has 0 radical (unpaired) electrons. The van der Waals surface area contributed by atoms with E-state index < -0.39 is 27.7 Å². The van der Waals surface area contributed by atoms with Gasteiger partial charge in [-0.3, -0.25) is 4.31 Å². The minimum absolute atomic E-state index is 0.0116. The van der Waals surface area contributed by atoms with Gasteiger partial charge in [-0.2, -0.15) is 0 Å². The van der Waals surface area contributed by atoms with Crippen LogP contribution in [-0.2, 0) is 16.6 Å². The second-order valence-corrected chi connectivity index (χ2v) is 10.1. The lowest BCUT2D eigenvalue weighted by Crippen LogP contribution is -2.31. The second-order valence-electron chi connectivity index (χ2n) is 8.28. The number of sulfonamides is 1. The molecule has 0 aliphatic carbocycles. The van der Waals surface area contributed by atoms with Crippen LogP contribution in [0.1, 0.15) is 25.0 Å². The van der Waals surface area contributed by atoms with E-state index in [4.69, 9.17) is 4.74 Å². The Labute approximate surface area is 196 Å². The molecule has 5 nitrogen and oxygen atoms in total. The van der Waals surface area contributed by atoms with Crippen LogP contribution in [-0.4, -0.2) is 20.4 Å². The SMILES string of the molecule is CC1(C)C=Cc2cc(CN(c3ccccc3)S(=O)(=O)c3ccc(OC(F)(F)F)cc3)ccc2O1. The van der Waals surface area contributed by atoms with Crippen molar-refractivity contribution in [2.24, 2.45) is 0 Å². The number of para-hydroxylation sites is 1. The summed E-state index contributed by atoms with van der Waals surface area (Å²) in [5, 5.41) is 0. The van der Waals surface area contributed by atoms with Crippen molar-refractivity contribution in [3.05, 3.63) is 90.0 Å². The molecule has 178 valence electrons.